The maximum Gasteiger partial charge on any atom is 0.329 e. The molecule has 2 heterocycles. The van der Waals surface area contributed by atoms with Crippen LogP contribution in [0, 0.1) is 5.92 Å². The smallest absolute Gasteiger partial charge is 0.329 e. The van der Waals surface area contributed by atoms with E-state index in [4.69, 9.17) is 18.6 Å². The van der Waals surface area contributed by atoms with Gasteiger partial charge in [-0.25, -0.2) is 4.79 Å². The molecule has 0 aliphatic carbocycles. The number of carbonyl (C=O) groups excluding carboxylic acids is 3. The van der Waals surface area contributed by atoms with Crippen LogP contribution < -0.4 is 20.1 Å². The molecule has 0 spiro atoms. The summed E-state index contributed by atoms with van der Waals surface area (Å²) in [4.78, 5) is 36.4. The van der Waals surface area contributed by atoms with E-state index in [-0.39, 0.29) is 25.0 Å². The Morgan fingerprint density at radius 1 is 1.14 bits per heavy atom. The predicted molar refractivity (Wildman–Crippen MR) is 100 cm³/mol. The topological polar surface area (TPSA) is 116 Å². The molecule has 1 aliphatic heterocycles. The summed E-state index contributed by atoms with van der Waals surface area (Å²) >= 11 is 0. The lowest BCUT2D eigenvalue weighted by atomic mass is 10.0. The molecule has 2 aromatic rings. The molecule has 0 radical (unpaired) electrons. The lowest BCUT2D eigenvalue weighted by molar-refractivity contribution is -0.151. The van der Waals surface area contributed by atoms with Crippen LogP contribution in [0.2, 0.25) is 0 Å². The van der Waals surface area contributed by atoms with Crippen LogP contribution in [0.25, 0.3) is 0 Å². The molecule has 1 aromatic carbocycles. The number of benzene rings is 1. The largest absolute Gasteiger partial charge is 0.459 e. The minimum absolute atomic E-state index is 0.0879. The molecular weight excluding hydrogens is 380 g/mol. The Kier molecular flexibility index (Phi) is 6.38. The van der Waals surface area contributed by atoms with E-state index < -0.39 is 30.4 Å². The van der Waals surface area contributed by atoms with Crippen molar-refractivity contribution in [3.8, 4) is 11.5 Å². The zero-order valence-corrected chi connectivity index (χ0v) is 16.1. The molecule has 1 aromatic heterocycles. The van der Waals surface area contributed by atoms with E-state index in [1.165, 1.54) is 12.3 Å². The highest BCUT2D eigenvalue weighted by Crippen LogP contribution is 2.32. The van der Waals surface area contributed by atoms with Crippen LogP contribution in [0.15, 0.2) is 41.0 Å². The van der Waals surface area contributed by atoms with Crippen molar-refractivity contribution in [1.82, 2.24) is 10.6 Å². The van der Waals surface area contributed by atoms with E-state index >= 15 is 0 Å². The standard InChI is InChI=1S/C20H22N2O7/c1-12(2)18(22-19(24)15-4-3-7-26-15)20(25)27-10-17(23)21-9-13-5-6-14-16(8-13)29-11-28-14/h3-8,12,18H,9-11H2,1-2H3,(H,21,23)(H,22,24)/t18-/m0/s1. The monoisotopic (exact) mass is 402 g/mol. The summed E-state index contributed by atoms with van der Waals surface area (Å²) in [6, 6.07) is 7.49. The normalized spacial score (nSPS) is 13.1. The Balaban J connectivity index is 1.46. The number of fused-ring (bicyclic) bond motifs is 1. The summed E-state index contributed by atoms with van der Waals surface area (Å²) < 4.78 is 20.6. The van der Waals surface area contributed by atoms with E-state index in [0.29, 0.717) is 11.5 Å². The lowest BCUT2D eigenvalue weighted by Crippen LogP contribution is -2.46. The van der Waals surface area contributed by atoms with Crippen LogP contribution in [-0.4, -0.2) is 37.2 Å². The zero-order chi connectivity index (χ0) is 20.8. The number of nitrogens with one attached hydrogen (secondary N) is 2. The van der Waals surface area contributed by atoms with Crippen LogP contribution >= 0.6 is 0 Å². The Bertz CT molecular complexity index is 877. The molecule has 0 unspecified atom stereocenters. The fourth-order valence-corrected chi connectivity index (χ4v) is 2.65. The number of hydrogen-bond donors (Lipinski definition) is 2. The Labute approximate surface area is 167 Å². The summed E-state index contributed by atoms with van der Waals surface area (Å²) in [7, 11) is 0. The van der Waals surface area contributed by atoms with Gasteiger partial charge in [-0.1, -0.05) is 19.9 Å². The average Bonchev–Trinajstić information content (AvgIpc) is 3.39. The third-order valence-corrected chi connectivity index (χ3v) is 4.22. The quantitative estimate of drug-likeness (QED) is 0.645. The summed E-state index contributed by atoms with van der Waals surface area (Å²) in [5, 5.41) is 5.22. The van der Waals surface area contributed by atoms with Crippen LogP contribution in [0.1, 0.15) is 30.0 Å². The Hall–Kier alpha value is -3.49. The first-order valence-corrected chi connectivity index (χ1v) is 9.10. The zero-order valence-electron chi connectivity index (χ0n) is 16.1. The van der Waals surface area contributed by atoms with Gasteiger partial charge in [0, 0.05) is 6.54 Å². The number of esters is 1. The molecule has 29 heavy (non-hydrogen) atoms. The molecule has 2 amide bonds. The predicted octanol–water partition coefficient (Wildman–Crippen LogP) is 1.62. The third-order valence-electron chi connectivity index (χ3n) is 4.22. The molecule has 0 saturated carbocycles. The van der Waals surface area contributed by atoms with E-state index in [2.05, 4.69) is 10.6 Å². The highest BCUT2D eigenvalue weighted by Gasteiger charge is 2.27. The highest BCUT2D eigenvalue weighted by molar-refractivity contribution is 5.94. The maximum absolute atomic E-state index is 12.3. The van der Waals surface area contributed by atoms with E-state index in [1.807, 2.05) is 0 Å². The Morgan fingerprint density at radius 3 is 2.66 bits per heavy atom. The third kappa shape index (κ3) is 5.28. The van der Waals surface area contributed by atoms with Gasteiger partial charge in [0.1, 0.15) is 6.04 Å². The van der Waals surface area contributed by atoms with Crippen LogP contribution in [0.3, 0.4) is 0 Å². The summed E-state index contributed by atoms with van der Waals surface area (Å²) in [5.74, 6) is -0.560. The molecule has 0 fully saturated rings. The lowest BCUT2D eigenvalue weighted by Gasteiger charge is -2.20. The second kappa shape index (κ2) is 9.13. The first kappa shape index (κ1) is 20.2. The first-order valence-electron chi connectivity index (χ1n) is 9.10. The van der Waals surface area contributed by atoms with Crippen LogP contribution in [0.5, 0.6) is 11.5 Å². The van der Waals surface area contributed by atoms with Crippen molar-refractivity contribution in [1.29, 1.82) is 0 Å². The van der Waals surface area contributed by atoms with Gasteiger partial charge < -0.3 is 29.3 Å². The van der Waals surface area contributed by atoms with Gasteiger partial charge in [0.2, 0.25) is 6.79 Å². The van der Waals surface area contributed by atoms with E-state index in [1.54, 1.807) is 38.1 Å². The van der Waals surface area contributed by atoms with Gasteiger partial charge in [0.15, 0.2) is 23.9 Å². The van der Waals surface area contributed by atoms with Crippen molar-refractivity contribution in [3.63, 3.8) is 0 Å². The second-order valence-electron chi connectivity index (χ2n) is 6.74. The van der Waals surface area contributed by atoms with Gasteiger partial charge in [0.25, 0.3) is 11.8 Å². The van der Waals surface area contributed by atoms with E-state index in [0.717, 1.165) is 5.56 Å². The number of rotatable bonds is 8. The molecule has 9 heteroatoms. The number of furan rings is 1. The van der Waals surface area contributed by atoms with Gasteiger partial charge in [-0.05, 0) is 35.7 Å². The number of ether oxygens (including phenoxy) is 3. The molecule has 0 bridgehead atoms. The van der Waals surface area contributed by atoms with Crippen LogP contribution in [-0.2, 0) is 20.9 Å². The molecule has 0 saturated heterocycles. The number of hydrogen-bond acceptors (Lipinski definition) is 7. The molecule has 1 aliphatic rings. The number of amides is 2. The molecule has 2 N–H and O–H groups in total. The van der Waals surface area contributed by atoms with Gasteiger partial charge in [-0.2, -0.15) is 0 Å². The highest BCUT2D eigenvalue weighted by atomic mass is 16.7. The van der Waals surface area contributed by atoms with Crippen molar-refractivity contribution < 1.29 is 33.0 Å². The van der Waals surface area contributed by atoms with Crippen molar-refractivity contribution >= 4 is 17.8 Å². The van der Waals surface area contributed by atoms with E-state index in [9.17, 15) is 14.4 Å². The average molecular weight is 402 g/mol. The van der Waals surface area contributed by atoms with Gasteiger partial charge in [0.05, 0.1) is 6.26 Å². The minimum atomic E-state index is -0.908. The SMILES string of the molecule is CC(C)[C@H](NC(=O)c1ccco1)C(=O)OCC(=O)NCc1ccc2c(c1)OCO2. The summed E-state index contributed by atoms with van der Waals surface area (Å²) in [6.07, 6.45) is 1.36. The van der Waals surface area contributed by atoms with Gasteiger partial charge >= 0.3 is 5.97 Å². The summed E-state index contributed by atoms with van der Waals surface area (Å²) in [5.41, 5.74) is 0.819. The number of carbonyl (C=O) groups is 3. The van der Waals surface area contributed by atoms with Gasteiger partial charge in [-0.3, -0.25) is 9.59 Å². The maximum atomic E-state index is 12.3. The van der Waals surface area contributed by atoms with Gasteiger partial charge in [-0.15, -0.1) is 0 Å². The van der Waals surface area contributed by atoms with Crippen molar-refractivity contribution in [3.05, 3.63) is 47.9 Å². The molecular formula is C20H22N2O7. The minimum Gasteiger partial charge on any atom is -0.459 e. The molecule has 9 nitrogen and oxygen atoms in total. The van der Waals surface area contributed by atoms with Crippen molar-refractivity contribution in [2.75, 3.05) is 13.4 Å². The molecule has 1 atom stereocenters. The second-order valence-corrected chi connectivity index (χ2v) is 6.74. The Morgan fingerprint density at radius 2 is 1.93 bits per heavy atom. The van der Waals surface area contributed by atoms with Crippen molar-refractivity contribution in [2.45, 2.75) is 26.4 Å². The fourth-order valence-electron chi connectivity index (χ4n) is 2.65. The first-order chi connectivity index (χ1) is 13.9. The molecule has 3 rings (SSSR count). The molecule has 154 valence electrons. The van der Waals surface area contributed by atoms with Crippen molar-refractivity contribution in [2.24, 2.45) is 5.92 Å². The summed E-state index contributed by atoms with van der Waals surface area (Å²) in [6.45, 7) is 3.48. The van der Waals surface area contributed by atoms with Crippen LogP contribution in [0.4, 0.5) is 0 Å². The fraction of sp³-hybridized carbons (Fsp3) is 0.350.